The van der Waals surface area contributed by atoms with Gasteiger partial charge < -0.3 is 9.84 Å². The summed E-state index contributed by atoms with van der Waals surface area (Å²) in [6.07, 6.45) is 1.72. The summed E-state index contributed by atoms with van der Waals surface area (Å²) in [5.74, 6) is 0.394. The molecule has 0 radical (unpaired) electrons. The van der Waals surface area contributed by atoms with Gasteiger partial charge in [0, 0.05) is 0 Å². The van der Waals surface area contributed by atoms with Crippen molar-refractivity contribution in [3.05, 3.63) is 35.9 Å². The van der Waals surface area contributed by atoms with E-state index in [4.69, 9.17) is 5.11 Å². The van der Waals surface area contributed by atoms with Gasteiger partial charge >= 0.3 is 6.16 Å². The molecule has 1 N–H and O–H groups in total. The van der Waals surface area contributed by atoms with Crippen molar-refractivity contribution in [3.8, 4) is 0 Å². The summed E-state index contributed by atoms with van der Waals surface area (Å²) in [5.41, 5.74) is 1.26. The van der Waals surface area contributed by atoms with Gasteiger partial charge in [-0.2, -0.15) is 0 Å². The Hall–Kier alpha value is -1.51. The van der Waals surface area contributed by atoms with E-state index >= 15 is 0 Å². The van der Waals surface area contributed by atoms with Crippen LogP contribution in [-0.4, -0.2) is 17.9 Å². The number of carboxylic acid groups (broad SMARTS) is 1. The third-order valence-electron chi connectivity index (χ3n) is 2.60. The topological polar surface area (TPSA) is 46.5 Å². The maximum Gasteiger partial charge on any atom is 0.505 e. The Morgan fingerprint density at radius 2 is 2.00 bits per heavy atom. The van der Waals surface area contributed by atoms with Gasteiger partial charge in [0.1, 0.15) is 0 Å². The van der Waals surface area contributed by atoms with Crippen LogP contribution in [0.4, 0.5) is 4.79 Å². The molecule has 0 amide bonds. The van der Waals surface area contributed by atoms with Crippen LogP contribution in [-0.2, 0) is 4.74 Å². The lowest BCUT2D eigenvalue weighted by Gasteiger charge is -2.15. The van der Waals surface area contributed by atoms with Gasteiger partial charge in [-0.25, -0.2) is 4.79 Å². The van der Waals surface area contributed by atoms with Crippen molar-refractivity contribution in [3.63, 3.8) is 0 Å². The van der Waals surface area contributed by atoms with Crippen molar-refractivity contribution < 1.29 is 14.6 Å². The maximum absolute atomic E-state index is 10.3. The molecule has 1 aromatic carbocycles. The number of carbonyl (C=O) groups is 1. The molecule has 1 unspecified atom stereocenters. The standard InChI is InChI=1S/C13H18O3/c1-2-6-11(9-10-16-13(14)15)12-7-4-3-5-8-12/h3-5,7-8,11H,2,6,9-10H2,1H3,(H,14,15). The molecule has 0 saturated carbocycles. The minimum Gasteiger partial charge on any atom is -0.450 e. The van der Waals surface area contributed by atoms with Crippen molar-refractivity contribution in [1.82, 2.24) is 0 Å². The van der Waals surface area contributed by atoms with Crippen LogP contribution in [0.15, 0.2) is 30.3 Å². The summed E-state index contributed by atoms with van der Waals surface area (Å²) in [6, 6.07) is 10.2. The molecule has 3 nitrogen and oxygen atoms in total. The van der Waals surface area contributed by atoms with E-state index in [9.17, 15) is 4.79 Å². The van der Waals surface area contributed by atoms with Crippen molar-refractivity contribution in [1.29, 1.82) is 0 Å². The van der Waals surface area contributed by atoms with Gasteiger partial charge in [-0.15, -0.1) is 0 Å². The first-order chi connectivity index (χ1) is 7.74. The zero-order chi connectivity index (χ0) is 11.8. The van der Waals surface area contributed by atoms with Crippen LogP contribution in [0.5, 0.6) is 0 Å². The highest BCUT2D eigenvalue weighted by Crippen LogP contribution is 2.24. The van der Waals surface area contributed by atoms with Crippen molar-refractivity contribution in [2.45, 2.75) is 32.1 Å². The lowest BCUT2D eigenvalue weighted by molar-refractivity contribution is 0.0885. The Labute approximate surface area is 96.1 Å². The van der Waals surface area contributed by atoms with Crippen LogP contribution < -0.4 is 0 Å². The largest absolute Gasteiger partial charge is 0.505 e. The van der Waals surface area contributed by atoms with Crippen molar-refractivity contribution in [2.24, 2.45) is 0 Å². The van der Waals surface area contributed by atoms with Crippen LogP contribution in [0, 0.1) is 0 Å². The summed E-state index contributed by atoms with van der Waals surface area (Å²) in [4.78, 5) is 10.3. The predicted molar refractivity (Wildman–Crippen MR) is 62.7 cm³/mol. The Balaban J connectivity index is 2.51. The van der Waals surface area contributed by atoms with E-state index in [1.54, 1.807) is 0 Å². The Morgan fingerprint density at radius 3 is 2.56 bits per heavy atom. The summed E-state index contributed by atoms with van der Waals surface area (Å²) in [7, 11) is 0. The second kappa shape index (κ2) is 6.88. The first kappa shape index (κ1) is 12.6. The second-order valence-corrected chi connectivity index (χ2v) is 3.80. The van der Waals surface area contributed by atoms with Gasteiger partial charge in [-0.1, -0.05) is 43.7 Å². The third kappa shape index (κ3) is 4.34. The van der Waals surface area contributed by atoms with Crippen molar-refractivity contribution >= 4 is 6.16 Å². The number of hydrogen-bond acceptors (Lipinski definition) is 2. The molecule has 1 aromatic rings. The highest BCUT2D eigenvalue weighted by Gasteiger charge is 2.11. The average Bonchev–Trinajstić information content (AvgIpc) is 2.29. The van der Waals surface area contributed by atoms with E-state index in [0.29, 0.717) is 5.92 Å². The zero-order valence-corrected chi connectivity index (χ0v) is 9.56. The average molecular weight is 222 g/mol. The molecule has 0 aliphatic heterocycles. The molecule has 16 heavy (non-hydrogen) atoms. The van der Waals surface area contributed by atoms with Gasteiger partial charge in [0.25, 0.3) is 0 Å². The summed E-state index contributed by atoms with van der Waals surface area (Å²) >= 11 is 0. The molecule has 0 saturated heterocycles. The van der Waals surface area contributed by atoms with Gasteiger partial charge in [-0.05, 0) is 24.3 Å². The normalized spacial score (nSPS) is 12.1. The number of benzene rings is 1. The smallest absolute Gasteiger partial charge is 0.450 e. The quantitative estimate of drug-likeness (QED) is 0.747. The molecule has 0 aromatic heterocycles. The van der Waals surface area contributed by atoms with Crippen LogP contribution in [0.25, 0.3) is 0 Å². The lowest BCUT2D eigenvalue weighted by atomic mass is 9.92. The third-order valence-corrected chi connectivity index (χ3v) is 2.60. The van der Waals surface area contributed by atoms with E-state index < -0.39 is 6.16 Å². The SMILES string of the molecule is CCCC(CCOC(=O)O)c1ccccc1. The number of ether oxygens (including phenoxy) is 1. The minimum atomic E-state index is -1.19. The first-order valence-corrected chi connectivity index (χ1v) is 5.64. The molecule has 0 fully saturated rings. The monoisotopic (exact) mass is 222 g/mol. The molecule has 0 bridgehead atoms. The lowest BCUT2D eigenvalue weighted by Crippen LogP contribution is -2.07. The zero-order valence-electron chi connectivity index (χ0n) is 9.56. The molecule has 3 heteroatoms. The Kier molecular flexibility index (Phi) is 5.40. The van der Waals surface area contributed by atoms with E-state index in [2.05, 4.69) is 23.8 Å². The molecule has 88 valence electrons. The van der Waals surface area contributed by atoms with E-state index in [1.807, 2.05) is 18.2 Å². The molecule has 0 aliphatic carbocycles. The fourth-order valence-electron chi connectivity index (χ4n) is 1.84. The fraction of sp³-hybridized carbons (Fsp3) is 0.462. The van der Waals surface area contributed by atoms with Gasteiger partial charge in [0.05, 0.1) is 6.61 Å². The minimum absolute atomic E-state index is 0.273. The molecule has 1 atom stereocenters. The Morgan fingerprint density at radius 1 is 1.31 bits per heavy atom. The number of rotatable bonds is 6. The van der Waals surface area contributed by atoms with Crippen molar-refractivity contribution in [2.75, 3.05) is 6.61 Å². The highest BCUT2D eigenvalue weighted by molar-refractivity contribution is 5.56. The molecule has 1 rings (SSSR count). The van der Waals surface area contributed by atoms with E-state index in [1.165, 1.54) is 5.56 Å². The summed E-state index contributed by atoms with van der Waals surface area (Å²) < 4.78 is 4.56. The number of hydrogen-bond donors (Lipinski definition) is 1. The van der Waals surface area contributed by atoms with Gasteiger partial charge in [0.2, 0.25) is 0 Å². The summed E-state index contributed by atoms with van der Waals surface area (Å²) in [6.45, 7) is 2.41. The second-order valence-electron chi connectivity index (χ2n) is 3.80. The van der Waals surface area contributed by atoms with Gasteiger partial charge in [-0.3, -0.25) is 0 Å². The van der Waals surface area contributed by atoms with E-state index in [-0.39, 0.29) is 6.61 Å². The highest BCUT2D eigenvalue weighted by atomic mass is 16.7. The first-order valence-electron chi connectivity index (χ1n) is 5.64. The van der Waals surface area contributed by atoms with Gasteiger partial charge in [0.15, 0.2) is 0 Å². The predicted octanol–water partition coefficient (Wildman–Crippen LogP) is 3.66. The molecule has 0 spiro atoms. The summed E-state index contributed by atoms with van der Waals surface area (Å²) in [5, 5.41) is 8.40. The Bertz CT molecular complexity index is 308. The van der Waals surface area contributed by atoms with E-state index in [0.717, 1.165) is 19.3 Å². The van der Waals surface area contributed by atoms with Crippen LogP contribution >= 0.6 is 0 Å². The maximum atomic E-state index is 10.3. The molecule has 0 aliphatic rings. The van der Waals surface area contributed by atoms with Crippen LogP contribution in [0.1, 0.15) is 37.7 Å². The molecular formula is C13H18O3. The molecule has 0 heterocycles. The van der Waals surface area contributed by atoms with Crippen LogP contribution in [0.3, 0.4) is 0 Å². The van der Waals surface area contributed by atoms with Crippen LogP contribution in [0.2, 0.25) is 0 Å². The fourth-order valence-corrected chi connectivity index (χ4v) is 1.84. The molecular weight excluding hydrogens is 204 g/mol.